The molecule has 0 atom stereocenters. The Balaban J connectivity index is 2.38. The molecule has 0 aliphatic rings. The van der Waals surface area contributed by atoms with Gasteiger partial charge in [-0.15, -0.1) is 0 Å². The number of phenols is 1. The molecular weight excluding hydrogens is 376 g/mol. The molecule has 2 rings (SSSR count). The number of aromatic hydroxyl groups is 1. The Labute approximate surface area is 169 Å². The maximum atomic E-state index is 12.8. The number of hydrogen-bond acceptors (Lipinski definition) is 7. The van der Waals surface area contributed by atoms with Crippen LogP contribution in [0, 0.1) is 0 Å². The molecule has 0 saturated carbocycles. The fourth-order valence-electron chi connectivity index (χ4n) is 2.54. The lowest BCUT2D eigenvalue weighted by Crippen LogP contribution is -2.16. The summed E-state index contributed by atoms with van der Waals surface area (Å²) < 4.78 is 15.9. The van der Waals surface area contributed by atoms with Crippen LogP contribution in [-0.2, 0) is 4.74 Å². The van der Waals surface area contributed by atoms with Crippen molar-refractivity contribution in [2.24, 2.45) is 0 Å². The first-order chi connectivity index (χ1) is 13.6. The quantitative estimate of drug-likeness (QED) is 0.478. The van der Waals surface area contributed by atoms with E-state index in [1.807, 2.05) is 13.8 Å². The summed E-state index contributed by atoms with van der Waals surface area (Å²) in [5, 5.41) is 13.2. The van der Waals surface area contributed by atoms with Crippen molar-refractivity contribution in [3.63, 3.8) is 0 Å². The summed E-state index contributed by atoms with van der Waals surface area (Å²) in [5.41, 5.74) is 6.67. The van der Waals surface area contributed by atoms with Crippen LogP contribution >= 0.6 is 0 Å². The SMILES string of the molecule is COC(=O)c1ccc(NC(=O)c2ccc(N)c(OC(C)C)c2O)c(OC(C)C)c1. The largest absolute Gasteiger partial charge is 0.504 e. The van der Waals surface area contributed by atoms with Crippen molar-refractivity contribution in [1.29, 1.82) is 0 Å². The number of phenolic OH excluding ortho intramolecular Hbond substituents is 1. The molecular formula is C21H26N2O6. The predicted molar refractivity (Wildman–Crippen MR) is 110 cm³/mol. The summed E-state index contributed by atoms with van der Waals surface area (Å²) in [6, 6.07) is 7.40. The molecule has 2 aromatic rings. The zero-order valence-electron chi connectivity index (χ0n) is 17.1. The minimum Gasteiger partial charge on any atom is -0.504 e. The molecule has 0 spiro atoms. The average molecular weight is 402 g/mol. The number of hydrogen-bond donors (Lipinski definition) is 3. The highest BCUT2D eigenvalue weighted by Crippen LogP contribution is 2.37. The number of amides is 1. The lowest BCUT2D eigenvalue weighted by molar-refractivity contribution is 0.0600. The number of ether oxygens (including phenoxy) is 3. The van der Waals surface area contributed by atoms with Gasteiger partial charge in [0.15, 0.2) is 11.5 Å². The van der Waals surface area contributed by atoms with E-state index in [2.05, 4.69) is 5.32 Å². The van der Waals surface area contributed by atoms with Crippen molar-refractivity contribution < 1.29 is 28.9 Å². The summed E-state index contributed by atoms with van der Waals surface area (Å²) >= 11 is 0. The molecule has 0 aliphatic heterocycles. The monoisotopic (exact) mass is 402 g/mol. The third kappa shape index (κ3) is 5.31. The van der Waals surface area contributed by atoms with Gasteiger partial charge in [0.25, 0.3) is 5.91 Å². The van der Waals surface area contributed by atoms with Crippen LogP contribution in [0.25, 0.3) is 0 Å². The van der Waals surface area contributed by atoms with Gasteiger partial charge < -0.3 is 30.4 Å². The van der Waals surface area contributed by atoms with Crippen molar-refractivity contribution in [2.75, 3.05) is 18.2 Å². The molecule has 0 aromatic heterocycles. The van der Waals surface area contributed by atoms with E-state index in [1.54, 1.807) is 13.8 Å². The number of benzene rings is 2. The van der Waals surface area contributed by atoms with Crippen LogP contribution in [0.4, 0.5) is 11.4 Å². The number of carbonyl (C=O) groups is 2. The number of methoxy groups -OCH3 is 1. The molecule has 2 aromatic carbocycles. The van der Waals surface area contributed by atoms with E-state index in [9.17, 15) is 14.7 Å². The Morgan fingerprint density at radius 2 is 1.69 bits per heavy atom. The van der Waals surface area contributed by atoms with Gasteiger partial charge in [0.2, 0.25) is 0 Å². The van der Waals surface area contributed by atoms with Gasteiger partial charge in [-0.05, 0) is 58.0 Å². The minimum absolute atomic E-state index is 0.0117. The third-order valence-electron chi connectivity index (χ3n) is 3.77. The molecule has 29 heavy (non-hydrogen) atoms. The zero-order valence-corrected chi connectivity index (χ0v) is 17.1. The maximum absolute atomic E-state index is 12.8. The van der Waals surface area contributed by atoms with Gasteiger partial charge in [-0.2, -0.15) is 0 Å². The van der Waals surface area contributed by atoms with Crippen molar-refractivity contribution in [3.05, 3.63) is 41.5 Å². The second kappa shape index (κ2) is 9.18. The number of carbonyl (C=O) groups excluding carboxylic acids is 2. The number of anilines is 2. The molecule has 156 valence electrons. The van der Waals surface area contributed by atoms with Crippen molar-refractivity contribution >= 4 is 23.3 Å². The predicted octanol–water partition coefficient (Wildman–Crippen LogP) is 3.59. The molecule has 0 unspecified atom stereocenters. The molecule has 0 saturated heterocycles. The molecule has 8 nitrogen and oxygen atoms in total. The molecule has 4 N–H and O–H groups in total. The summed E-state index contributed by atoms with van der Waals surface area (Å²) in [6.07, 6.45) is -0.437. The number of rotatable bonds is 7. The Morgan fingerprint density at radius 1 is 1.03 bits per heavy atom. The molecule has 1 amide bonds. The van der Waals surface area contributed by atoms with E-state index >= 15 is 0 Å². The Kier molecular flexibility index (Phi) is 6.93. The number of nitrogen functional groups attached to an aromatic ring is 1. The van der Waals surface area contributed by atoms with Crippen molar-refractivity contribution in [1.82, 2.24) is 0 Å². The van der Waals surface area contributed by atoms with E-state index in [1.165, 1.54) is 37.4 Å². The molecule has 8 heteroatoms. The lowest BCUT2D eigenvalue weighted by atomic mass is 10.1. The highest BCUT2D eigenvalue weighted by Gasteiger charge is 2.21. The highest BCUT2D eigenvalue weighted by atomic mass is 16.5. The Morgan fingerprint density at radius 3 is 2.28 bits per heavy atom. The topological polar surface area (TPSA) is 120 Å². The van der Waals surface area contributed by atoms with Crippen LogP contribution in [0.3, 0.4) is 0 Å². The molecule has 0 radical (unpaired) electrons. The van der Waals surface area contributed by atoms with Crippen LogP contribution in [0.5, 0.6) is 17.2 Å². The smallest absolute Gasteiger partial charge is 0.337 e. The summed E-state index contributed by atoms with van der Waals surface area (Å²) in [6.45, 7) is 7.20. The standard InChI is InChI=1S/C21H26N2O6/c1-11(2)28-17-10-13(21(26)27-5)6-9-16(17)23-20(25)14-7-8-15(22)19(18(14)24)29-12(3)4/h6-12,24H,22H2,1-5H3,(H,23,25). The van der Waals surface area contributed by atoms with Gasteiger partial charge >= 0.3 is 5.97 Å². The first kappa shape index (κ1) is 21.9. The molecule has 0 fully saturated rings. The molecule has 0 aliphatic carbocycles. The summed E-state index contributed by atoms with van der Waals surface area (Å²) in [4.78, 5) is 24.6. The van der Waals surface area contributed by atoms with Crippen LogP contribution in [0.1, 0.15) is 48.4 Å². The minimum atomic E-state index is -0.587. The summed E-state index contributed by atoms with van der Waals surface area (Å²) in [7, 11) is 1.28. The first-order valence-corrected chi connectivity index (χ1v) is 9.12. The number of nitrogens with two attached hydrogens (primary N) is 1. The normalized spacial score (nSPS) is 10.7. The van der Waals surface area contributed by atoms with E-state index in [0.29, 0.717) is 11.4 Å². The van der Waals surface area contributed by atoms with Gasteiger partial charge in [0.1, 0.15) is 5.75 Å². The number of esters is 1. The zero-order chi connectivity index (χ0) is 21.7. The third-order valence-corrected chi connectivity index (χ3v) is 3.77. The number of nitrogens with one attached hydrogen (secondary N) is 1. The molecule has 0 heterocycles. The lowest BCUT2D eigenvalue weighted by Gasteiger charge is -2.18. The van der Waals surface area contributed by atoms with Gasteiger partial charge in [-0.1, -0.05) is 0 Å². The van der Waals surface area contributed by atoms with Crippen LogP contribution in [0.15, 0.2) is 30.3 Å². The van der Waals surface area contributed by atoms with E-state index in [-0.39, 0.29) is 40.5 Å². The fourth-order valence-corrected chi connectivity index (χ4v) is 2.54. The van der Waals surface area contributed by atoms with Crippen molar-refractivity contribution in [3.8, 4) is 17.2 Å². The maximum Gasteiger partial charge on any atom is 0.337 e. The highest BCUT2D eigenvalue weighted by molar-refractivity contribution is 6.08. The second-order valence-electron chi connectivity index (χ2n) is 6.87. The fraction of sp³-hybridized carbons (Fsp3) is 0.333. The van der Waals surface area contributed by atoms with Crippen LogP contribution in [-0.4, -0.2) is 36.3 Å². The van der Waals surface area contributed by atoms with Gasteiger partial charge in [0, 0.05) is 0 Å². The van der Waals surface area contributed by atoms with E-state index < -0.39 is 11.9 Å². The van der Waals surface area contributed by atoms with Gasteiger partial charge in [-0.3, -0.25) is 4.79 Å². The second-order valence-corrected chi connectivity index (χ2v) is 6.87. The van der Waals surface area contributed by atoms with E-state index in [4.69, 9.17) is 19.9 Å². The van der Waals surface area contributed by atoms with Gasteiger partial charge in [0.05, 0.1) is 41.8 Å². The van der Waals surface area contributed by atoms with Crippen LogP contribution < -0.4 is 20.5 Å². The van der Waals surface area contributed by atoms with Crippen LogP contribution in [0.2, 0.25) is 0 Å². The molecule has 0 bridgehead atoms. The van der Waals surface area contributed by atoms with Gasteiger partial charge in [-0.25, -0.2) is 4.79 Å². The Hall–Kier alpha value is -3.42. The Bertz CT molecular complexity index is 908. The van der Waals surface area contributed by atoms with E-state index in [0.717, 1.165) is 0 Å². The average Bonchev–Trinajstić information content (AvgIpc) is 2.65. The summed E-state index contributed by atoms with van der Waals surface area (Å²) in [5.74, 6) is -1.12. The first-order valence-electron chi connectivity index (χ1n) is 9.12. The van der Waals surface area contributed by atoms with Crippen molar-refractivity contribution in [2.45, 2.75) is 39.9 Å².